The molecule has 1 N–H and O–H groups in total. The van der Waals surface area contributed by atoms with Crippen LogP contribution < -0.4 is 9.47 Å². The van der Waals surface area contributed by atoms with Crippen molar-refractivity contribution in [2.45, 2.75) is 12.8 Å². The molecule has 1 aromatic heterocycles. The molecule has 1 atom stereocenters. The van der Waals surface area contributed by atoms with Gasteiger partial charge in [-0.3, -0.25) is 14.5 Å². The molecule has 9 heteroatoms. The number of aliphatic hydroxyl groups is 1. The maximum absolute atomic E-state index is 13.2. The van der Waals surface area contributed by atoms with E-state index < -0.39 is 0 Å². The Hall–Kier alpha value is -3.17. The molecule has 2 amide bonds. The summed E-state index contributed by atoms with van der Waals surface area (Å²) >= 11 is 0. The molecule has 3 heterocycles. The second kappa shape index (κ2) is 11.3. The van der Waals surface area contributed by atoms with Gasteiger partial charge in [0.15, 0.2) is 11.5 Å². The van der Waals surface area contributed by atoms with Crippen LogP contribution in [0.5, 0.6) is 17.4 Å². The Morgan fingerprint density at radius 1 is 1.12 bits per heavy atom. The third kappa shape index (κ3) is 5.84. The largest absolute Gasteiger partial charge is 0.488 e. The van der Waals surface area contributed by atoms with Crippen molar-refractivity contribution in [2.24, 2.45) is 5.92 Å². The molecule has 0 radical (unpaired) electrons. The molecule has 0 aliphatic carbocycles. The second-order valence-electron chi connectivity index (χ2n) is 8.79. The minimum Gasteiger partial charge on any atom is -0.488 e. The van der Waals surface area contributed by atoms with Crippen molar-refractivity contribution in [1.29, 1.82) is 0 Å². The van der Waals surface area contributed by atoms with E-state index >= 15 is 0 Å². The van der Waals surface area contributed by atoms with Crippen molar-refractivity contribution in [3.05, 3.63) is 48.2 Å². The van der Waals surface area contributed by atoms with Crippen molar-refractivity contribution >= 4 is 11.8 Å². The van der Waals surface area contributed by atoms with Gasteiger partial charge in [-0.05, 0) is 43.0 Å². The lowest BCUT2D eigenvalue weighted by atomic mass is 9.99. The molecule has 9 nitrogen and oxygen atoms in total. The lowest BCUT2D eigenvalue weighted by molar-refractivity contribution is -0.134. The first-order valence-corrected chi connectivity index (χ1v) is 11.8. The van der Waals surface area contributed by atoms with Gasteiger partial charge in [-0.2, -0.15) is 0 Å². The Balaban J connectivity index is 1.52. The first-order valence-electron chi connectivity index (χ1n) is 11.8. The summed E-state index contributed by atoms with van der Waals surface area (Å²) in [6, 6.07) is 10.7. The number of rotatable bonds is 3. The number of likely N-dealkylation sites (N-methyl/N-ethyl adjacent to an activating group) is 1. The zero-order chi connectivity index (χ0) is 23.9. The highest BCUT2D eigenvalue weighted by atomic mass is 16.5. The quantitative estimate of drug-likeness (QED) is 0.735. The van der Waals surface area contributed by atoms with E-state index in [-0.39, 0.29) is 36.8 Å². The second-order valence-corrected chi connectivity index (χ2v) is 8.79. The molecule has 182 valence electrons. The van der Waals surface area contributed by atoms with Gasteiger partial charge in [0.05, 0.1) is 6.54 Å². The van der Waals surface area contributed by atoms with Gasteiger partial charge in [0.1, 0.15) is 12.2 Å². The number of piperidine rings is 1. The van der Waals surface area contributed by atoms with E-state index in [1.165, 1.54) is 0 Å². The van der Waals surface area contributed by atoms with Gasteiger partial charge in [-0.25, -0.2) is 4.98 Å². The number of likely N-dealkylation sites (tertiary alicyclic amines) is 1. The van der Waals surface area contributed by atoms with Crippen molar-refractivity contribution in [2.75, 3.05) is 59.5 Å². The molecular formula is C25H32N4O5. The number of hydrogen-bond donors (Lipinski definition) is 1. The van der Waals surface area contributed by atoms with E-state index in [1.54, 1.807) is 36.3 Å². The van der Waals surface area contributed by atoms with Gasteiger partial charge in [-0.15, -0.1) is 0 Å². The highest BCUT2D eigenvalue weighted by Crippen LogP contribution is 2.32. The average Bonchev–Trinajstić information content (AvgIpc) is 2.88. The Kier molecular flexibility index (Phi) is 7.97. The van der Waals surface area contributed by atoms with Crippen molar-refractivity contribution < 1.29 is 24.2 Å². The fraction of sp³-hybridized carbons (Fsp3) is 0.480. The number of aliphatic hydroxyl groups excluding tert-OH is 1. The van der Waals surface area contributed by atoms with E-state index in [1.807, 2.05) is 28.0 Å². The van der Waals surface area contributed by atoms with Gasteiger partial charge in [0, 0.05) is 52.6 Å². The SMILES string of the molecule is CN1CCN(CC(=O)N2CCCC(CO)C2)CCOc2ccccc2Oc2ncccc2C1=O. The molecule has 2 aliphatic rings. The fourth-order valence-electron chi connectivity index (χ4n) is 4.28. The number of benzene rings is 1. The number of aromatic nitrogens is 1. The number of para-hydroxylation sites is 2. The fourth-order valence-corrected chi connectivity index (χ4v) is 4.28. The number of fused-ring (bicyclic) bond motifs is 2. The van der Waals surface area contributed by atoms with Crippen molar-refractivity contribution in [3.8, 4) is 17.4 Å². The molecule has 1 unspecified atom stereocenters. The number of carbonyl (C=O) groups excluding carboxylic acids is 2. The number of carbonyl (C=O) groups is 2. The molecule has 4 rings (SSSR count). The van der Waals surface area contributed by atoms with Crippen LogP contribution in [-0.2, 0) is 4.79 Å². The van der Waals surface area contributed by atoms with Crippen LogP contribution in [0.3, 0.4) is 0 Å². The summed E-state index contributed by atoms with van der Waals surface area (Å²) < 4.78 is 12.0. The minimum absolute atomic E-state index is 0.0368. The van der Waals surface area contributed by atoms with Gasteiger partial charge in [0.2, 0.25) is 11.8 Å². The molecule has 2 aliphatic heterocycles. The topological polar surface area (TPSA) is 95.4 Å². The number of ether oxygens (including phenoxy) is 2. The lowest BCUT2D eigenvalue weighted by Gasteiger charge is -2.34. The van der Waals surface area contributed by atoms with Crippen LogP contribution in [0.2, 0.25) is 0 Å². The number of pyridine rings is 1. The average molecular weight is 469 g/mol. The summed E-state index contributed by atoms with van der Waals surface area (Å²) in [7, 11) is 1.74. The van der Waals surface area contributed by atoms with Crippen LogP contribution in [0.25, 0.3) is 0 Å². The zero-order valence-electron chi connectivity index (χ0n) is 19.6. The lowest BCUT2D eigenvalue weighted by Crippen LogP contribution is -2.47. The van der Waals surface area contributed by atoms with E-state index in [9.17, 15) is 14.7 Å². The smallest absolute Gasteiger partial charge is 0.259 e. The van der Waals surface area contributed by atoms with Crippen LogP contribution >= 0.6 is 0 Å². The molecular weight excluding hydrogens is 436 g/mol. The molecule has 1 aromatic carbocycles. The zero-order valence-corrected chi connectivity index (χ0v) is 19.6. The maximum Gasteiger partial charge on any atom is 0.259 e. The molecule has 0 saturated carbocycles. The number of nitrogens with zero attached hydrogens (tertiary/aromatic N) is 4. The van der Waals surface area contributed by atoms with Crippen LogP contribution in [0.15, 0.2) is 42.6 Å². The van der Waals surface area contributed by atoms with Crippen LogP contribution in [0.4, 0.5) is 0 Å². The molecule has 1 fully saturated rings. The van der Waals surface area contributed by atoms with E-state index in [4.69, 9.17) is 9.47 Å². The molecule has 0 bridgehead atoms. The predicted molar refractivity (Wildman–Crippen MR) is 126 cm³/mol. The Morgan fingerprint density at radius 3 is 2.76 bits per heavy atom. The van der Waals surface area contributed by atoms with Crippen molar-refractivity contribution in [1.82, 2.24) is 19.7 Å². The number of hydrogen-bond acceptors (Lipinski definition) is 7. The highest BCUT2D eigenvalue weighted by molar-refractivity contribution is 5.96. The molecule has 2 aromatic rings. The minimum atomic E-state index is -0.200. The highest BCUT2D eigenvalue weighted by Gasteiger charge is 2.26. The van der Waals surface area contributed by atoms with E-state index in [2.05, 4.69) is 4.98 Å². The predicted octanol–water partition coefficient (Wildman–Crippen LogP) is 1.87. The summed E-state index contributed by atoms with van der Waals surface area (Å²) in [5.74, 6) is 1.23. The van der Waals surface area contributed by atoms with Crippen LogP contribution in [0, 0.1) is 5.92 Å². The van der Waals surface area contributed by atoms with Gasteiger partial charge < -0.3 is 24.4 Å². The summed E-state index contributed by atoms with van der Waals surface area (Å²) in [4.78, 5) is 35.9. The number of amides is 2. The van der Waals surface area contributed by atoms with Gasteiger partial charge >= 0.3 is 0 Å². The van der Waals surface area contributed by atoms with E-state index in [0.717, 1.165) is 12.8 Å². The standard InChI is InChI=1S/C25H32N4O5/c1-27-12-13-28(17-23(31)29-11-5-6-19(16-29)18-30)14-15-33-21-8-2-3-9-22(21)34-24-20(25(27)32)7-4-10-26-24/h2-4,7-10,19,30H,5-6,11-18H2,1H3. The van der Waals surface area contributed by atoms with Gasteiger partial charge in [-0.1, -0.05) is 12.1 Å². The Bertz CT molecular complexity index is 1000. The van der Waals surface area contributed by atoms with Gasteiger partial charge in [0.25, 0.3) is 5.91 Å². The first-order chi connectivity index (χ1) is 16.5. The Morgan fingerprint density at radius 2 is 1.94 bits per heavy atom. The van der Waals surface area contributed by atoms with Crippen LogP contribution in [-0.4, -0.2) is 96.1 Å². The van der Waals surface area contributed by atoms with Crippen LogP contribution in [0.1, 0.15) is 23.2 Å². The summed E-state index contributed by atoms with van der Waals surface area (Å²) in [5.41, 5.74) is 0.366. The third-order valence-electron chi connectivity index (χ3n) is 6.31. The monoisotopic (exact) mass is 468 g/mol. The first kappa shape index (κ1) is 24.0. The normalized spacial score (nSPS) is 20.1. The molecule has 1 saturated heterocycles. The maximum atomic E-state index is 13.2. The summed E-state index contributed by atoms with van der Waals surface area (Å²) in [6.07, 6.45) is 3.44. The third-order valence-corrected chi connectivity index (χ3v) is 6.31. The molecule has 34 heavy (non-hydrogen) atoms. The summed E-state index contributed by atoms with van der Waals surface area (Å²) in [6.45, 7) is 3.48. The van der Waals surface area contributed by atoms with Crippen molar-refractivity contribution in [3.63, 3.8) is 0 Å². The summed E-state index contributed by atoms with van der Waals surface area (Å²) in [5, 5.41) is 9.50. The molecule has 0 spiro atoms. The van der Waals surface area contributed by atoms with E-state index in [0.29, 0.717) is 56.4 Å². The Labute approximate surface area is 199 Å².